The van der Waals surface area contributed by atoms with Crippen molar-refractivity contribution in [2.75, 3.05) is 12.0 Å². The number of benzene rings is 1. The van der Waals surface area contributed by atoms with E-state index in [2.05, 4.69) is 28.2 Å². The molecule has 0 bridgehead atoms. The molecule has 0 aliphatic heterocycles. The maximum Gasteiger partial charge on any atom is 0.0451 e. The molecule has 0 spiro atoms. The highest BCUT2D eigenvalue weighted by atomic mass is 79.9. The Hall–Kier alpha value is 0.1000. The molecule has 0 amide bonds. The van der Waals surface area contributed by atoms with E-state index in [-0.39, 0.29) is 0 Å². The minimum atomic E-state index is -0.716. The van der Waals surface area contributed by atoms with E-state index in [0.29, 0.717) is 6.04 Å². The molecule has 1 aromatic carbocycles. The normalized spacial score (nSPS) is 14.6. The third kappa shape index (κ3) is 6.00. The molecule has 0 fully saturated rings. The van der Waals surface area contributed by atoms with Crippen molar-refractivity contribution in [3.05, 3.63) is 33.3 Å². The summed E-state index contributed by atoms with van der Waals surface area (Å²) in [4.78, 5) is 0. The number of halogens is 2. The van der Waals surface area contributed by atoms with Gasteiger partial charge in [-0.3, -0.25) is 4.21 Å². The van der Waals surface area contributed by atoms with Crippen molar-refractivity contribution in [1.29, 1.82) is 0 Å². The summed E-state index contributed by atoms with van der Waals surface area (Å²) in [5.41, 5.74) is 1.07. The fraction of sp³-hybridized carbons (Fsp3) is 0.500. The van der Waals surface area contributed by atoms with Crippen LogP contribution < -0.4 is 5.32 Å². The average Bonchev–Trinajstić information content (AvgIpc) is 2.27. The zero-order valence-corrected chi connectivity index (χ0v) is 13.2. The van der Waals surface area contributed by atoms with Crippen molar-refractivity contribution >= 4 is 38.3 Å². The van der Waals surface area contributed by atoms with E-state index in [9.17, 15) is 4.21 Å². The lowest BCUT2D eigenvalue weighted by Crippen LogP contribution is -2.27. The molecule has 0 radical (unpaired) electrons. The van der Waals surface area contributed by atoms with Crippen molar-refractivity contribution < 1.29 is 4.21 Å². The third-order valence-corrected chi connectivity index (χ3v) is 4.16. The summed E-state index contributed by atoms with van der Waals surface area (Å²) in [7, 11) is -0.716. The molecule has 17 heavy (non-hydrogen) atoms. The Labute approximate surface area is 119 Å². The second kappa shape index (κ2) is 7.52. The second-order valence-corrected chi connectivity index (χ2v) is 6.96. The Morgan fingerprint density at radius 3 is 2.88 bits per heavy atom. The van der Waals surface area contributed by atoms with Gasteiger partial charge in [0.25, 0.3) is 0 Å². The molecule has 2 nitrogen and oxygen atoms in total. The van der Waals surface area contributed by atoms with E-state index < -0.39 is 10.8 Å². The molecule has 0 aliphatic rings. The zero-order valence-electron chi connectivity index (χ0n) is 10.0. The SMILES string of the molecule is CC(CCS(C)=O)NCc1cc(Br)ccc1Cl. The minimum Gasteiger partial charge on any atom is -0.310 e. The van der Waals surface area contributed by atoms with Crippen molar-refractivity contribution in [1.82, 2.24) is 5.32 Å². The Kier molecular flexibility index (Phi) is 6.70. The predicted octanol–water partition coefficient (Wildman–Crippen LogP) is 3.35. The van der Waals surface area contributed by atoms with E-state index in [1.54, 1.807) is 6.26 Å². The Morgan fingerprint density at radius 2 is 2.24 bits per heavy atom. The van der Waals surface area contributed by atoms with Crippen molar-refractivity contribution in [2.24, 2.45) is 0 Å². The van der Waals surface area contributed by atoms with Crippen LogP contribution in [0.15, 0.2) is 22.7 Å². The highest BCUT2D eigenvalue weighted by molar-refractivity contribution is 9.10. The van der Waals surface area contributed by atoms with E-state index in [1.165, 1.54) is 0 Å². The molecular weight excluding hydrogens is 322 g/mol. The quantitative estimate of drug-likeness (QED) is 0.862. The molecule has 96 valence electrons. The van der Waals surface area contributed by atoms with Crippen LogP contribution in [0.1, 0.15) is 18.9 Å². The summed E-state index contributed by atoms with van der Waals surface area (Å²) in [5, 5.41) is 4.15. The maximum atomic E-state index is 11.0. The molecule has 1 rings (SSSR count). The standard InChI is InChI=1S/C12H17BrClNOS/c1-9(5-6-17(2)16)15-8-10-7-11(13)3-4-12(10)14/h3-4,7,9,15H,5-6,8H2,1-2H3. The molecule has 0 aliphatic carbocycles. The van der Waals surface area contributed by atoms with Crippen LogP contribution >= 0.6 is 27.5 Å². The zero-order chi connectivity index (χ0) is 12.8. The van der Waals surface area contributed by atoms with Crippen LogP contribution in [-0.4, -0.2) is 22.3 Å². The van der Waals surface area contributed by atoms with E-state index in [1.807, 2.05) is 18.2 Å². The van der Waals surface area contributed by atoms with Gasteiger partial charge in [-0.2, -0.15) is 0 Å². The van der Waals surface area contributed by atoms with E-state index in [4.69, 9.17) is 11.6 Å². The summed E-state index contributed by atoms with van der Waals surface area (Å²) in [6, 6.07) is 6.16. The van der Waals surface area contributed by atoms with Crippen LogP contribution in [0.25, 0.3) is 0 Å². The van der Waals surface area contributed by atoms with Crippen LogP contribution in [0.2, 0.25) is 5.02 Å². The van der Waals surface area contributed by atoms with Gasteiger partial charge in [0.2, 0.25) is 0 Å². The lowest BCUT2D eigenvalue weighted by Gasteiger charge is -2.14. The molecule has 1 N–H and O–H groups in total. The number of hydrogen-bond donors (Lipinski definition) is 1. The third-order valence-electron chi connectivity index (χ3n) is 2.49. The maximum absolute atomic E-state index is 11.0. The lowest BCUT2D eigenvalue weighted by molar-refractivity contribution is 0.535. The molecule has 0 aromatic heterocycles. The highest BCUT2D eigenvalue weighted by Crippen LogP contribution is 2.20. The topological polar surface area (TPSA) is 29.1 Å². The average molecular weight is 339 g/mol. The highest BCUT2D eigenvalue weighted by Gasteiger charge is 2.05. The van der Waals surface area contributed by atoms with E-state index in [0.717, 1.165) is 33.8 Å². The monoisotopic (exact) mass is 337 g/mol. The fourth-order valence-corrected chi connectivity index (χ4v) is 2.69. The first-order valence-corrected chi connectivity index (χ1v) is 8.36. The summed E-state index contributed by atoms with van der Waals surface area (Å²) in [6.07, 6.45) is 2.65. The smallest absolute Gasteiger partial charge is 0.0451 e. The van der Waals surface area contributed by atoms with Gasteiger partial charge in [-0.05, 0) is 37.1 Å². The van der Waals surface area contributed by atoms with Gasteiger partial charge in [0.1, 0.15) is 0 Å². The second-order valence-electron chi connectivity index (χ2n) is 4.08. The summed E-state index contributed by atoms with van der Waals surface area (Å²) in [6.45, 7) is 2.83. The molecular formula is C12H17BrClNOS. The molecule has 2 unspecified atom stereocenters. The first kappa shape index (κ1) is 15.2. The summed E-state index contributed by atoms with van der Waals surface area (Å²) >= 11 is 9.52. The number of hydrogen-bond acceptors (Lipinski definition) is 2. The van der Waals surface area contributed by atoms with Gasteiger partial charge in [0.15, 0.2) is 0 Å². The van der Waals surface area contributed by atoms with Gasteiger partial charge in [0.05, 0.1) is 0 Å². The number of rotatable bonds is 6. The summed E-state index contributed by atoms with van der Waals surface area (Å²) < 4.78 is 12.0. The molecule has 0 saturated carbocycles. The Morgan fingerprint density at radius 1 is 1.53 bits per heavy atom. The van der Waals surface area contributed by atoms with Gasteiger partial charge in [0, 0.05) is 44.9 Å². The van der Waals surface area contributed by atoms with Crippen LogP contribution in [0.4, 0.5) is 0 Å². The van der Waals surface area contributed by atoms with Gasteiger partial charge >= 0.3 is 0 Å². The van der Waals surface area contributed by atoms with Gasteiger partial charge in [-0.15, -0.1) is 0 Å². The molecule has 2 atom stereocenters. The van der Waals surface area contributed by atoms with Crippen LogP contribution in [0.5, 0.6) is 0 Å². The van der Waals surface area contributed by atoms with Crippen molar-refractivity contribution in [3.8, 4) is 0 Å². The van der Waals surface area contributed by atoms with Gasteiger partial charge in [-0.25, -0.2) is 0 Å². The Bertz CT molecular complexity index is 400. The van der Waals surface area contributed by atoms with Crippen LogP contribution in [0, 0.1) is 0 Å². The molecule has 0 heterocycles. The summed E-state index contributed by atoms with van der Waals surface area (Å²) in [5.74, 6) is 0.736. The largest absolute Gasteiger partial charge is 0.310 e. The predicted molar refractivity (Wildman–Crippen MR) is 79.0 cm³/mol. The van der Waals surface area contributed by atoms with Crippen LogP contribution in [0.3, 0.4) is 0 Å². The number of nitrogens with one attached hydrogen (secondary N) is 1. The van der Waals surface area contributed by atoms with Gasteiger partial charge < -0.3 is 5.32 Å². The fourth-order valence-electron chi connectivity index (χ4n) is 1.41. The van der Waals surface area contributed by atoms with Gasteiger partial charge in [-0.1, -0.05) is 27.5 Å². The minimum absolute atomic E-state index is 0.342. The van der Waals surface area contributed by atoms with E-state index >= 15 is 0 Å². The lowest BCUT2D eigenvalue weighted by atomic mass is 10.2. The van der Waals surface area contributed by atoms with Crippen molar-refractivity contribution in [3.63, 3.8) is 0 Å². The Balaban J connectivity index is 2.44. The van der Waals surface area contributed by atoms with Crippen LogP contribution in [-0.2, 0) is 17.3 Å². The van der Waals surface area contributed by atoms with Crippen molar-refractivity contribution in [2.45, 2.75) is 25.9 Å². The molecule has 5 heteroatoms. The molecule has 1 aromatic rings. The first-order valence-electron chi connectivity index (χ1n) is 5.46. The first-order chi connectivity index (χ1) is 7.99. The molecule has 0 saturated heterocycles.